The van der Waals surface area contributed by atoms with Crippen molar-refractivity contribution in [2.75, 3.05) is 10.7 Å². The van der Waals surface area contributed by atoms with Crippen LogP contribution >= 0.6 is 23.2 Å². The van der Waals surface area contributed by atoms with Crippen LogP contribution in [-0.4, -0.2) is 4.98 Å². The Morgan fingerprint density at radius 3 is 2.47 bits per heavy atom. The Morgan fingerprint density at radius 2 is 1.84 bits per heavy atom. The third-order valence-electron chi connectivity index (χ3n) is 2.51. The molecule has 0 bridgehead atoms. The van der Waals surface area contributed by atoms with Crippen LogP contribution in [0.3, 0.4) is 0 Å². The molecule has 0 aliphatic carbocycles. The van der Waals surface area contributed by atoms with Crippen molar-refractivity contribution in [1.82, 2.24) is 4.98 Å². The minimum Gasteiger partial charge on any atom is -0.339 e. The van der Waals surface area contributed by atoms with Crippen LogP contribution in [0.5, 0.6) is 0 Å². The molecule has 2 aromatic rings. The third-order valence-corrected chi connectivity index (χ3v) is 3.08. The zero-order valence-corrected chi connectivity index (χ0v) is 11.5. The molecule has 1 aromatic carbocycles. The maximum atomic E-state index is 13.0. The summed E-state index contributed by atoms with van der Waals surface area (Å²) in [4.78, 5) is 4.14. The van der Waals surface area contributed by atoms with Crippen molar-refractivity contribution in [3.8, 4) is 0 Å². The number of benzene rings is 1. The Hall–Kier alpha value is -1.56. The summed E-state index contributed by atoms with van der Waals surface area (Å²) in [5.74, 6) is 5.67. The SMILES string of the molecule is Cc1cc(F)ccc1Nc1nc(NN)c(Cl)cc1Cl. The van der Waals surface area contributed by atoms with E-state index < -0.39 is 0 Å². The minimum absolute atomic E-state index is 0.299. The summed E-state index contributed by atoms with van der Waals surface area (Å²) in [6.45, 7) is 1.78. The average molecular weight is 301 g/mol. The Morgan fingerprint density at radius 1 is 1.16 bits per heavy atom. The lowest BCUT2D eigenvalue weighted by atomic mass is 10.2. The highest BCUT2D eigenvalue weighted by atomic mass is 35.5. The van der Waals surface area contributed by atoms with Gasteiger partial charge in [0.2, 0.25) is 0 Å². The Labute approximate surface area is 119 Å². The fourth-order valence-electron chi connectivity index (χ4n) is 1.55. The van der Waals surface area contributed by atoms with Gasteiger partial charge in [-0.3, -0.25) is 0 Å². The second-order valence-corrected chi connectivity index (χ2v) is 4.69. The number of halogens is 3. The Bertz CT molecular complexity index is 619. The number of rotatable bonds is 3. The molecule has 0 atom stereocenters. The van der Waals surface area contributed by atoms with E-state index in [1.165, 1.54) is 18.2 Å². The molecular weight excluding hydrogens is 290 g/mol. The Balaban J connectivity index is 2.37. The summed E-state index contributed by atoms with van der Waals surface area (Å²) < 4.78 is 13.0. The van der Waals surface area contributed by atoms with Crippen molar-refractivity contribution in [1.29, 1.82) is 0 Å². The molecule has 1 heterocycles. The fraction of sp³-hybridized carbons (Fsp3) is 0.0833. The van der Waals surface area contributed by atoms with Crippen LogP contribution in [0.15, 0.2) is 24.3 Å². The maximum Gasteiger partial charge on any atom is 0.161 e. The monoisotopic (exact) mass is 300 g/mol. The van der Waals surface area contributed by atoms with Gasteiger partial charge < -0.3 is 10.7 Å². The zero-order chi connectivity index (χ0) is 14.0. The Kier molecular flexibility index (Phi) is 4.09. The molecule has 0 saturated heterocycles. The van der Waals surface area contributed by atoms with E-state index >= 15 is 0 Å². The lowest BCUT2D eigenvalue weighted by Crippen LogP contribution is -2.10. The number of nitrogens with two attached hydrogens (primary N) is 1. The number of pyridine rings is 1. The van der Waals surface area contributed by atoms with Crippen LogP contribution in [0.25, 0.3) is 0 Å². The van der Waals surface area contributed by atoms with E-state index in [0.717, 1.165) is 5.56 Å². The second kappa shape index (κ2) is 5.61. The van der Waals surface area contributed by atoms with Crippen LogP contribution < -0.4 is 16.6 Å². The smallest absolute Gasteiger partial charge is 0.161 e. The number of aryl methyl sites for hydroxylation is 1. The molecule has 0 radical (unpaired) electrons. The van der Waals surface area contributed by atoms with Crippen molar-refractivity contribution in [3.05, 3.63) is 45.7 Å². The molecule has 7 heteroatoms. The number of aromatic nitrogens is 1. The van der Waals surface area contributed by atoms with Gasteiger partial charge in [0.1, 0.15) is 5.82 Å². The normalized spacial score (nSPS) is 10.4. The summed E-state index contributed by atoms with van der Waals surface area (Å²) >= 11 is 11.9. The van der Waals surface area contributed by atoms with Crippen LogP contribution in [0.2, 0.25) is 10.0 Å². The van der Waals surface area contributed by atoms with E-state index in [2.05, 4.69) is 15.7 Å². The molecule has 19 heavy (non-hydrogen) atoms. The lowest BCUT2D eigenvalue weighted by molar-refractivity contribution is 0.627. The van der Waals surface area contributed by atoms with E-state index in [1.54, 1.807) is 13.0 Å². The van der Waals surface area contributed by atoms with Crippen LogP contribution in [0.1, 0.15) is 5.56 Å². The van der Waals surface area contributed by atoms with Crippen LogP contribution in [-0.2, 0) is 0 Å². The van der Waals surface area contributed by atoms with E-state index in [9.17, 15) is 4.39 Å². The summed E-state index contributed by atoms with van der Waals surface area (Å²) in [6.07, 6.45) is 0. The molecule has 0 saturated carbocycles. The van der Waals surface area contributed by atoms with Gasteiger partial charge in [0, 0.05) is 5.69 Å². The highest BCUT2D eigenvalue weighted by molar-refractivity contribution is 6.37. The molecule has 0 amide bonds. The highest BCUT2D eigenvalue weighted by Crippen LogP contribution is 2.31. The largest absolute Gasteiger partial charge is 0.339 e. The number of anilines is 3. The molecule has 4 N–H and O–H groups in total. The molecule has 4 nitrogen and oxygen atoms in total. The first-order valence-corrected chi connectivity index (χ1v) is 6.12. The third kappa shape index (κ3) is 3.07. The second-order valence-electron chi connectivity index (χ2n) is 3.88. The predicted octanol–water partition coefficient (Wildman–Crippen LogP) is 3.87. The molecule has 0 fully saturated rings. The average Bonchev–Trinajstić information content (AvgIpc) is 2.35. The minimum atomic E-state index is -0.303. The van der Waals surface area contributed by atoms with Gasteiger partial charge in [0.25, 0.3) is 0 Å². The molecule has 0 spiro atoms. The van der Waals surface area contributed by atoms with Gasteiger partial charge in [-0.05, 0) is 36.8 Å². The zero-order valence-electron chi connectivity index (χ0n) is 9.97. The molecule has 100 valence electrons. The van der Waals surface area contributed by atoms with E-state index in [0.29, 0.717) is 27.4 Å². The van der Waals surface area contributed by atoms with Gasteiger partial charge in [-0.25, -0.2) is 15.2 Å². The standard InChI is InChI=1S/C12H11Cl2FN4/c1-6-4-7(15)2-3-10(6)17-11-8(13)5-9(14)12(18-11)19-16/h2-5H,16H2,1H3,(H2,17,18,19). The van der Waals surface area contributed by atoms with Crippen LogP contribution in [0, 0.1) is 12.7 Å². The molecule has 2 rings (SSSR count). The van der Waals surface area contributed by atoms with Crippen molar-refractivity contribution in [2.24, 2.45) is 5.84 Å². The lowest BCUT2D eigenvalue weighted by Gasteiger charge is -2.12. The molecule has 0 aliphatic rings. The molecule has 0 unspecified atom stereocenters. The fourth-order valence-corrected chi connectivity index (χ4v) is 2.01. The van der Waals surface area contributed by atoms with Crippen molar-refractivity contribution >= 4 is 40.5 Å². The number of nitrogen functional groups attached to an aromatic ring is 1. The van der Waals surface area contributed by atoms with Gasteiger partial charge >= 0.3 is 0 Å². The van der Waals surface area contributed by atoms with Gasteiger partial charge in [-0.15, -0.1) is 0 Å². The van der Waals surface area contributed by atoms with Crippen molar-refractivity contribution in [3.63, 3.8) is 0 Å². The summed E-state index contributed by atoms with van der Waals surface area (Å²) in [5, 5.41) is 3.66. The van der Waals surface area contributed by atoms with E-state index in [1.807, 2.05) is 0 Å². The van der Waals surface area contributed by atoms with Gasteiger partial charge in [-0.1, -0.05) is 23.2 Å². The first kappa shape index (κ1) is 13.9. The number of nitrogens with zero attached hydrogens (tertiary/aromatic N) is 1. The van der Waals surface area contributed by atoms with Crippen LogP contribution in [0.4, 0.5) is 21.7 Å². The molecule has 0 aliphatic heterocycles. The maximum absolute atomic E-state index is 13.0. The topological polar surface area (TPSA) is 63.0 Å². The van der Waals surface area contributed by atoms with Crippen molar-refractivity contribution < 1.29 is 4.39 Å². The quantitative estimate of drug-likeness (QED) is 0.595. The van der Waals surface area contributed by atoms with E-state index in [-0.39, 0.29) is 5.82 Å². The molecular formula is C12H11Cl2FN4. The number of hydrogen-bond acceptors (Lipinski definition) is 4. The summed E-state index contributed by atoms with van der Waals surface area (Å²) in [7, 11) is 0. The van der Waals surface area contributed by atoms with Gasteiger partial charge in [-0.2, -0.15) is 0 Å². The van der Waals surface area contributed by atoms with Crippen molar-refractivity contribution in [2.45, 2.75) is 6.92 Å². The number of hydrazine groups is 1. The number of hydrogen-bond donors (Lipinski definition) is 3. The predicted molar refractivity (Wildman–Crippen MR) is 76.5 cm³/mol. The summed E-state index contributed by atoms with van der Waals surface area (Å²) in [6, 6.07) is 5.88. The van der Waals surface area contributed by atoms with Gasteiger partial charge in [0.15, 0.2) is 11.6 Å². The first-order chi connectivity index (χ1) is 9.01. The van der Waals surface area contributed by atoms with Gasteiger partial charge in [0.05, 0.1) is 10.0 Å². The number of nitrogens with one attached hydrogen (secondary N) is 2. The molecule has 1 aromatic heterocycles. The summed E-state index contributed by atoms with van der Waals surface area (Å²) in [5.41, 5.74) is 3.80. The first-order valence-electron chi connectivity index (χ1n) is 5.37. The van der Waals surface area contributed by atoms with E-state index in [4.69, 9.17) is 29.0 Å². The highest BCUT2D eigenvalue weighted by Gasteiger charge is 2.10.